The summed E-state index contributed by atoms with van der Waals surface area (Å²) >= 11 is 0. The van der Waals surface area contributed by atoms with Crippen LogP contribution in [0, 0.1) is 6.92 Å². The highest BCUT2D eigenvalue weighted by molar-refractivity contribution is 7.90. The fourth-order valence-electron chi connectivity index (χ4n) is 4.86. The summed E-state index contributed by atoms with van der Waals surface area (Å²) in [6.07, 6.45) is 6.53. The lowest BCUT2D eigenvalue weighted by Gasteiger charge is -2.38. The highest BCUT2D eigenvalue weighted by atomic mass is 32.2. The molecule has 32 heavy (non-hydrogen) atoms. The second-order valence-electron chi connectivity index (χ2n) is 9.07. The number of amides is 1. The summed E-state index contributed by atoms with van der Waals surface area (Å²) in [4.78, 5) is 17.8. The summed E-state index contributed by atoms with van der Waals surface area (Å²) < 4.78 is 29.7. The zero-order valence-electron chi connectivity index (χ0n) is 19.1. The predicted octanol–water partition coefficient (Wildman–Crippen LogP) is 1.76. The standard InChI is InChI=1S/C23H32N4O4S/c1-18-4-5-21-20(14-18)23(22(28)27(21)10-12-31-2)6-8-25(9-7-23)16-19-15-24-26(17-19)11-13-32(3,29)30/h4-5,14-15,17H,6-13,16H2,1-3H3. The van der Waals surface area contributed by atoms with Gasteiger partial charge in [-0.05, 0) is 44.5 Å². The van der Waals surface area contributed by atoms with Crippen molar-refractivity contribution in [1.82, 2.24) is 14.7 Å². The highest BCUT2D eigenvalue weighted by Gasteiger charge is 2.51. The molecule has 2 aromatic rings. The van der Waals surface area contributed by atoms with Crippen LogP contribution in [0.1, 0.15) is 29.5 Å². The average Bonchev–Trinajstić information content (AvgIpc) is 3.28. The lowest BCUT2D eigenvalue weighted by molar-refractivity contribution is -0.125. The molecule has 0 saturated carbocycles. The Bertz CT molecular complexity index is 1090. The molecule has 8 nitrogen and oxygen atoms in total. The van der Waals surface area contributed by atoms with Gasteiger partial charge in [0.1, 0.15) is 9.84 Å². The van der Waals surface area contributed by atoms with Gasteiger partial charge in [0.05, 0.1) is 30.5 Å². The molecular weight excluding hydrogens is 428 g/mol. The zero-order valence-corrected chi connectivity index (χ0v) is 19.9. The van der Waals surface area contributed by atoms with Crippen molar-refractivity contribution in [1.29, 1.82) is 0 Å². The second-order valence-corrected chi connectivity index (χ2v) is 11.3. The smallest absolute Gasteiger partial charge is 0.237 e. The van der Waals surface area contributed by atoms with Gasteiger partial charge in [-0.1, -0.05) is 17.7 Å². The molecule has 0 radical (unpaired) electrons. The molecule has 1 fully saturated rings. The SMILES string of the molecule is COCCN1C(=O)C2(CCN(Cc3cnn(CCS(C)(=O)=O)c3)CC2)c2cc(C)ccc21. The Labute approximate surface area is 190 Å². The Morgan fingerprint density at radius 1 is 1.19 bits per heavy atom. The molecule has 1 saturated heterocycles. The van der Waals surface area contributed by atoms with E-state index in [1.807, 2.05) is 11.1 Å². The van der Waals surface area contributed by atoms with E-state index < -0.39 is 15.3 Å². The maximum absolute atomic E-state index is 13.6. The molecule has 0 N–H and O–H groups in total. The normalized spacial score (nSPS) is 18.5. The van der Waals surface area contributed by atoms with Crippen molar-refractivity contribution in [2.24, 2.45) is 0 Å². The van der Waals surface area contributed by atoms with Crippen LogP contribution in [0.3, 0.4) is 0 Å². The molecular formula is C23H32N4O4S. The van der Waals surface area contributed by atoms with E-state index >= 15 is 0 Å². The minimum atomic E-state index is -3.01. The van der Waals surface area contributed by atoms with Gasteiger partial charge in [-0.15, -0.1) is 0 Å². The van der Waals surface area contributed by atoms with Crippen molar-refractivity contribution in [3.63, 3.8) is 0 Å². The number of carbonyl (C=O) groups excluding carboxylic acids is 1. The van der Waals surface area contributed by atoms with Crippen LogP contribution >= 0.6 is 0 Å². The Morgan fingerprint density at radius 2 is 1.94 bits per heavy atom. The lowest BCUT2D eigenvalue weighted by Crippen LogP contribution is -2.49. The number of likely N-dealkylation sites (tertiary alicyclic amines) is 1. The largest absolute Gasteiger partial charge is 0.383 e. The third kappa shape index (κ3) is 4.60. The second kappa shape index (κ2) is 8.96. The van der Waals surface area contributed by atoms with E-state index in [9.17, 15) is 13.2 Å². The van der Waals surface area contributed by atoms with E-state index in [4.69, 9.17) is 4.74 Å². The minimum absolute atomic E-state index is 0.0842. The lowest BCUT2D eigenvalue weighted by atomic mass is 9.73. The van der Waals surface area contributed by atoms with E-state index in [0.717, 1.165) is 49.3 Å². The summed E-state index contributed by atoms with van der Waals surface area (Å²) in [5.41, 5.74) is 3.97. The van der Waals surface area contributed by atoms with Crippen molar-refractivity contribution in [3.05, 3.63) is 47.3 Å². The number of aryl methyl sites for hydroxylation is 2. The maximum Gasteiger partial charge on any atom is 0.237 e. The molecule has 0 bridgehead atoms. The number of aromatic nitrogens is 2. The highest BCUT2D eigenvalue weighted by Crippen LogP contribution is 2.48. The summed E-state index contributed by atoms with van der Waals surface area (Å²) in [5, 5.41) is 4.30. The van der Waals surface area contributed by atoms with Crippen LogP contribution in [0.5, 0.6) is 0 Å². The van der Waals surface area contributed by atoms with E-state index in [1.165, 1.54) is 11.8 Å². The summed E-state index contributed by atoms with van der Waals surface area (Å²) in [5.74, 6) is 0.282. The number of methoxy groups -OCH3 is 1. The fraction of sp³-hybridized carbons (Fsp3) is 0.565. The molecule has 1 spiro atoms. The Morgan fingerprint density at radius 3 is 2.62 bits per heavy atom. The molecule has 3 heterocycles. The van der Waals surface area contributed by atoms with Crippen molar-refractivity contribution < 1.29 is 17.9 Å². The van der Waals surface area contributed by atoms with Crippen LogP contribution < -0.4 is 4.90 Å². The van der Waals surface area contributed by atoms with Crippen LogP contribution in [0.15, 0.2) is 30.6 Å². The number of sulfone groups is 1. The molecule has 2 aliphatic heterocycles. The monoisotopic (exact) mass is 460 g/mol. The fourth-order valence-corrected chi connectivity index (χ4v) is 5.38. The molecule has 0 atom stereocenters. The first-order valence-electron chi connectivity index (χ1n) is 11.1. The molecule has 1 aromatic heterocycles. The quantitative estimate of drug-likeness (QED) is 0.597. The number of anilines is 1. The van der Waals surface area contributed by atoms with Gasteiger partial charge in [-0.25, -0.2) is 8.42 Å². The third-order valence-electron chi connectivity index (χ3n) is 6.63. The van der Waals surface area contributed by atoms with Crippen LogP contribution in [0.4, 0.5) is 5.69 Å². The van der Waals surface area contributed by atoms with E-state index in [0.29, 0.717) is 19.7 Å². The maximum atomic E-state index is 13.6. The molecule has 2 aliphatic rings. The summed E-state index contributed by atoms with van der Waals surface area (Å²) in [7, 11) is -1.35. The number of benzene rings is 1. The number of hydrogen-bond donors (Lipinski definition) is 0. The van der Waals surface area contributed by atoms with Gasteiger partial charge >= 0.3 is 0 Å². The zero-order chi connectivity index (χ0) is 22.9. The molecule has 9 heteroatoms. The van der Waals surface area contributed by atoms with Crippen molar-refractivity contribution >= 4 is 21.4 Å². The number of hydrogen-bond acceptors (Lipinski definition) is 6. The summed E-state index contributed by atoms with van der Waals surface area (Å²) in [6.45, 7) is 5.93. The van der Waals surface area contributed by atoms with Crippen molar-refractivity contribution in [2.45, 2.75) is 38.3 Å². The van der Waals surface area contributed by atoms with Gasteiger partial charge < -0.3 is 9.64 Å². The number of nitrogens with zero attached hydrogens (tertiary/aromatic N) is 4. The number of rotatable bonds is 8. The number of ether oxygens (including phenoxy) is 1. The number of carbonyl (C=O) groups is 1. The Balaban J connectivity index is 1.44. The van der Waals surface area contributed by atoms with Gasteiger partial charge in [-0.3, -0.25) is 14.4 Å². The molecule has 0 unspecified atom stereocenters. The molecule has 0 aliphatic carbocycles. The van der Waals surface area contributed by atoms with Crippen LogP contribution in [0.2, 0.25) is 0 Å². The summed E-state index contributed by atoms with van der Waals surface area (Å²) in [6, 6.07) is 6.33. The first kappa shape index (κ1) is 22.9. The third-order valence-corrected chi connectivity index (χ3v) is 7.55. The molecule has 1 aromatic carbocycles. The van der Waals surface area contributed by atoms with Gasteiger partial charge in [0.2, 0.25) is 5.91 Å². The van der Waals surface area contributed by atoms with E-state index in [2.05, 4.69) is 35.1 Å². The van der Waals surface area contributed by atoms with Crippen LogP contribution in [0.25, 0.3) is 0 Å². The van der Waals surface area contributed by atoms with Gasteiger partial charge in [0.25, 0.3) is 0 Å². The average molecular weight is 461 g/mol. The van der Waals surface area contributed by atoms with E-state index in [1.54, 1.807) is 18.0 Å². The van der Waals surface area contributed by atoms with Crippen LogP contribution in [-0.2, 0) is 37.9 Å². The topological polar surface area (TPSA) is 84.7 Å². The number of fused-ring (bicyclic) bond motifs is 2. The molecule has 174 valence electrons. The Hall–Kier alpha value is -2.23. The minimum Gasteiger partial charge on any atom is -0.383 e. The predicted molar refractivity (Wildman–Crippen MR) is 124 cm³/mol. The first-order valence-corrected chi connectivity index (χ1v) is 13.1. The van der Waals surface area contributed by atoms with Crippen molar-refractivity contribution in [3.8, 4) is 0 Å². The van der Waals surface area contributed by atoms with Gasteiger partial charge in [0, 0.05) is 43.9 Å². The first-order chi connectivity index (χ1) is 15.2. The Kier molecular flexibility index (Phi) is 6.42. The van der Waals surface area contributed by atoms with Crippen LogP contribution in [-0.4, -0.2) is 74.4 Å². The number of piperidine rings is 1. The van der Waals surface area contributed by atoms with Gasteiger partial charge in [-0.2, -0.15) is 5.10 Å². The van der Waals surface area contributed by atoms with E-state index in [-0.39, 0.29) is 11.7 Å². The van der Waals surface area contributed by atoms with Crippen molar-refractivity contribution in [2.75, 3.05) is 50.3 Å². The van der Waals surface area contributed by atoms with Gasteiger partial charge in [0.15, 0.2) is 0 Å². The molecule has 1 amide bonds. The molecule has 4 rings (SSSR count).